The third-order valence-electron chi connectivity index (χ3n) is 3.33. The molecule has 1 aromatic heterocycles. The fraction of sp³-hybridized carbons (Fsp3) is 0.600. The third kappa shape index (κ3) is 4.13. The fourth-order valence-electron chi connectivity index (χ4n) is 2.21. The van der Waals surface area contributed by atoms with Crippen molar-refractivity contribution in [2.75, 3.05) is 13.7 Å². The lowest BCUT2D eigenvalue weighted by Gasteiger charge is -2.33. The van der Waals surface area contributed by atoms with Crippen LogP contribution in [0.3, 0.4) is 0 Å². The van der Waals surface area contributed by atoms with Crippen LogP contribution in [0, 0.1) is 0 Å². The fourth-order valence-corrected chi connectivity index (χ4v) is 2.21. The zero-order chi connectivity index (χ0) is 17.4. The summed E-state index contributed by atoms with van der Waals surface area (Å²) in [5.74, 6) is 0. The molecular formula is C15H19F3N2O3. The monoisotopic (exact) mass is 332 g/mol. The molecule has 1 aliphatic rings. The highest BCUT2D eigenvalue weighted by Gasteiger charge is 2.35. The van der Waals surface area contributed by atoms with E-state index in [1.54, 1.807) is 20.8 Å². The second-order valence-electron chi connectivity index (χ2n) is 6.39. The molecular weight excluding hydrogens is 313 g/mol. The molecule has 5 nitrogen and oxygen atoms in total. The molecule has 1 atom stereocenters. The molecule has 0 radical (unpaired) electrons. The maximum atomic E-state index is 12.8. The molecule has 2 heterocycles. The molecule has 1 aromatic rings. The van der Waals surface area contributed by atoms with E-state index in [1.807, 2.05) is 0 Å². The Hall–Kier alpha value is -1.83. The van der Waals surface area contributed by atoms with Gasteiger partial charge in [-0.05, 0) is 26.8 Å². The van der Waals surface area contributed by atoms with Crippen LogP contribution >= 0.6 is 0 Å². The number of amides is 1. The van der Waals surface area contributed by atoms with E-state index in [4.69, 9.17) is 9.47 Å². The maximum absolute atomic E-state index is 12.8. The van der Waals surface area contributed by atoms with Gasteiger partial charge in [-0.15, -0.1) is 0 Å². The number of rotatable bonds is 1. The minimum atomic E-state index is -4.47. The summed E-state index contributed by atoms with van der Waals surface area (Å²) in [6.45, 7) is 5.39. The lowest BCUT2D eigenvalue weighted by atomic mass is 10.0. The van der Waals surface area contributed by atoms with Crippen LogP contribution in [0.2, 0.25) is 0 Å². The van der Waals surface area contributed by atoms with E-state index < -0.39 is 29.5 Å². The van der Waals surface area contributed by atoms with Gasteiger partial charge in [-0.25, -0.2) is 4.79 Å². The Kier molecular flexibility index (Phi) is 4.57. The van der Waals surface area contributed by atoms with Crippen LogP contribution in [-0.2, 0) is 22.3 Å². The van der Waals surface area contributed by atoms with Gasteiger partial charge in [0.15, 0.2) is 0 Å². The molecule has 1 aliphatic heterocycles. The van der Waals surface area contributed by atoms with Crippen molar-refractivity contribution >= 4 is 6.09 Å². The highest BCUT2D eigenvalue weighted by molar-refractivity contribution is 5.68. The van der Waals surface area contributed by atoms with Gasteiger partial charge in [-0.2, -0.15) is 13.2 Å². The zero-order valence-corrected chi connectivity index (χ0v) is 13.4. The number of carbonyl (C=O) groups excluding carboxylic acids is 1. The summed E-state index contributed by atoms with van der Waals surface area (Å²) in [7, 11) is 1.51. The largest absolute Gasteiger partial charge is 0.444 e. The van der Waals surface area contributed by atoms with Gasteiger partial charge in [-0.3, -0.25) is 4.98 Å². The van der Waals surface area contributed by atoms with Crippen molar-refractivity contribution in [2.24, 2.45) is 0 Å². The number of nitrogens with zero attached hydrogens (tertiary/aromatic N) is 2. The number of ether oxygens (including phenoxy) is 2. The Morgan fingerprint density at radius 2 is 2.04 bits per heavy atom. The Morgan fingerprint density at radius 3 is 2.61 bits per heavy atom. The molecule has 0 N–H and O–H groups in total. The van der Waals surface area contributed by atoms with E-state index in [0.29, 0.717) is 11.3 Å². The van der Waals surface area contributed by atoms with Gasteiger partial charge in [-0.1, -0.05) is 0 Å². The first-order valence-corrected chi connectivity index (χ1v) is 7.08. The van der Waals surface area contributed by atoms with Crippen molar-refractivity contribution < 1.29 is 27.4 Å². The van der Waals surface area contributed by atoms with Crippen molar-refractivity contribution in [3.05, 3.63) is 29.1 Å². The quantitative estimate of drug-likeness (QED) is 0.789. The summed E-state index contributed by atoms with van der Waals surface area (Å²) in [5.41, 5.74) is -0.776. The van der Waals surface area contributed by atoms with E-state index in [9.17, 15) is 18.0 Å². The maximum Gasteiger partial charge on any atom is 0.417 e. The third-order valence-corrected chi connectivity index (χ3v) is 3.33. The lowest BCUT2D eigenvalue weighted by Crippen LogP contribution is -2.40. The van der Waals surface area contributed by atoms with Crippen LogP contribution in [0.4, 0.5) is 18.0 Å². The normalized spacial score (nSPS) is 18.3. The number of carbonyl (C=O) groups is 1. The number of halogens is 3. The summed E-state index contributed by atoms with van der Waals surface area (Å²) in [5, 5.41) is 0. The second kappa shape index (κ2) is 5.99. The average Bonchev–Trinajstić information content (AvgIpc) is 2.42. The van der Waals surface area contributed by atoms with Crippen LogP contribution in [0.15, 0.2) is 12.3 Å². The first-order valence-electron chi connectivity index (χ1n) is 7.08. The molecule has 0 spiro atoms. The van der Waals surface area contributed by atoms with Crippen molar-refractivity contribution in [2.45, 2.75) is 45.2 Å². The van der Waals surface area contributed by atoms with Crippen molar-refractivity contribution in [3.8, 4) is 0 Å². The lowest BCUT2D eigenvalue weighted by molar-refractivity contribution is -0.138. The number of likely N-dealkylation sites (N-methyl/N-ethyl adjacent to an activating group) is 1. The average molecular weight is 332 g/mol. The minimum absolute atomic E-state index is 0.0327. The number of hydrogen-bond donors (Lipinski definition) is 0. The van der Waals surface area contributed by atoms with E-state index in [2.05, 4.69) is 4.98 Å². The van der Waals surface area contributed by atoms with E-state index >= 15 is 0 Å². The van der Waals surface area contributed by atoms with Crippen molar-refractivity contribution in [1.29, 1.82) is 0 Å². The van der Waals surface area contributed by atoms with Gasteiger partial charge in [0, 0.05) is 18.8 Å². The summed E-state index contributed by atoms with van der Waals surface area (Å²) >= 11 is 0. The van der Waals surface area contributed by atoms with Gasteiger partial charge in [0.25, 0.3) is 0 Å². The van der Waals surface area contributed by atoms with Crippen LogP contribution in [0.1, 0.15) is 43.6 Å². The number of pyridine rings is 1. The van der Waals surface area contributed by atoms with Crippen molar-refractivity contribution in [1.82, 2.24) is 9.88 Å². The van der Waals surface area contributed by atoms with E-state index in [0.717, 1.165) is 12.3 Å². The molecule has 0 aromatic carbocycles. The summed E-state index contributed by atoms with van der Waals surface area (Å²) in [4.78, 5) is 17.3. The second-order valence-corrected chi connectivity index (χ2v) is 6.39. The highest BCUT2D eigenvalue weighted by Crippen LogP contribution is 2.34. The molecule has 23 heavy (non-hydrogen) atoms. The van der Waals surface area contributed by atoms with Crippen LogP contribution in [-0.4, -0.2) is 35.2 Å². The van der Waals surface area contributed by atoms with Gasteiger partial charge in [0.2, 0.25) is 0 Å². The summed E-state index contributed by atoms with van der Waals surface area (Å²) in [6, 6.07) is 0.424. The van der Waals surface area contributed by atoms with Crippen LogP contribution in [0.25, 0.3) is 0 Å². The van der Waals surface area contributed by atoms with Crippen LogP contribution in [0.5, 0.6) is 0 Å². The van der Waals surface area contributed by atoms with Crippen molar-refractivity contribution in [3.63, 3.8) is 0 Å². The standard InChI is InChI=1S/C15H19F3N2O3/c1-14(2,3)23-13(21)20(4)11-8-22-7-9-5-10(15(16,17)18)6-19-12(9)11/h5-6,11H,7-8H2,1-4H3. The number of alkyl halides is 3. The van der Waals surface area contributed by atoms with E-state index in [-0.39, 0.29) is 13.2 Å². The van der Waals surface area contributed by atoms with Crippen LogP contribution < -0.4 is 0 Å². The van der Waals surface area contributed by atoms with Gasteiger partial charge >= 0.3 is 12.3 Å². The predicted octanol–water partition coefficient (Wildman–Crippen LogP) is 3.54. The molecule has 8 heteroatoms. The smallest absolute Gasteiger partial charge is 0.417 e. The number of aromatic nitrogens is 1. The molecule has 0 fully saturated rings. The molecule has 0 saturated carbocycles. The molecule has 0 bridgehead atoms. The Morgan fingerprint density at radius 1 is 1.39 bits per heavy atom. The SMILES string of the molecule is CN(C(=O)OC(C)(C)C)C1COCc2cc(C(F)(F)F)cnc21. The van der Waals surface area contributed by atoms with Gasteiger partial charge in [0.1, 0.15) is 11.6 Å². The molecule has 0 saturated heterocycles. The first-order chi connectivity index (χ1) is 10.5. The number of fused-ring (bicyclic) bond motifs is 1. The molecule has 0 aliphatic carbocycles. The predicted molar refractivity (Wildman–Crippen MR) is 75.6 cm³/mol. The Labute approximate surface area is 132 Å². The number of hydrogen-bond acceptors (Lipinski definition) is 4. The van der Waals surface area contributed by atoms with Gasteiger partial charge in [0.05, 0.1) is 24.5 Å². The summed E-state index contributed by atoms with van der Waals surface area (Å²) in [6.07, 6.45) is -4.27. The first kappa shape index (κ1) is 17.5. The van der Waals surface area contributed by atoms with Gasteiger partial charge < -0.3 is 14.4 Å². The Bertz CT molecular complexity index is 597. The topological polar surface area (TPSA) is 51.7 Å². The minimum Gasteiger partial charge on any atom is -0.444 e. The van der Waals surface area contributed by atoms with E-state index in [1.165, 1.54) is 11.9 Å². The molecule has 1 amide bonds. The molecule has 1 unspecified atom stereocenters. The molecule has 128 valence electrons. The zero-order valence-electron chi connectivity index (χ0n) is 13.4. The highest BCUT2D eigenvalue weighted by atomic mass is 19.4. The molecule has 2 rings (SSSR count). The summed E-state index contributed by atoms with van der Waals surface area (Å²) < 4.78 is 48.9. The Balaban J connectivity index is 2.26.